The molecule has 2 atom stereocenters. The molecule has 0 aliphatic carbocycles. The maximum absolute atomic E-state index is 12.4. The summed E-state index contributed by atoms with van der Waals surface area (Å²) in [6.45, 7) is 8.97. The summed E-state index contributed by atoms with van der Waals surface area (Å²) in [4.78, 5) is 21.0. The van der Waals surface area contributed by atoms with E-state index in [1.165, 1.54) is 5.56 Å². The Kier molecular flexibility index (Phi) is 3.96. The van der Waals surface area contributed by atoms with Crippen LogP contribution in [0.5, 0.6) is 0 Å². The number of pyridine rings is 1. The number of amides is 1. The summed E-state index contributed by atoms with van der Waals surface area (Å²) in [6.07, 6.45) is 0.626. The first-order chi connectivity index (χ1) is 10.8. The minimum absolute atomic E-state index is 0.0514. The van der Waals surface area contributed by atoms with E-state index in [2.05, 4.69) is 16.8 Å². The van der Waals surface area contributed by atoms with Gasteiger partial charge in [0, 0.05) is 19.1 Å². The monoisotopic (exact) mass is 319 g/mol. The van der Waals surface area contributed by atoms with Gasteiger partial charge in [-0.05, 0) is 45.7 Å². The Balaban J connectivity index is 1.78. The van der Waals surface area contributed by atoms with Crippen LogP contribution in [0, 0.1) is 0 Å². The van der Waals surface area contributed by atoms with Crippen LogP contribution in [0.3, 0.4) is 0 Å². The highest BCUT2D eigenvalue weighted by atomic mass is 16.6. The van der Waals surface area contributed by atoms with E-state index in [9.17, 15) is 9.90 Å². The van der Waals surface area contributed by atoms with Crippen molar-refractivity contribution in [1.29, 1.82) is 0 Å². The van der Waals surface area contributed by atoms with Crippen LogP contribution < -0.4 is 4.90 Å². The number of carbonyl (C=O) groups excluding carboxylic acids is 1. The van der Waals surface area contributed by atoms with Crippen LogP contribution in [0.4, 0.5) is 10.6 Å². The SMILES string of the molecule is C[C@@H]1CN(C(=O)OC(C)(C)C)CC2Cc3ccc(CO)nc3N21. The number of carbonyl (C=O) groups is 1. The topological polar surface area (TPSA) is 65.9 Å². The zero-order chi connectivity index (χ0) is 16.8. The molecular weight excluding hydrogens is 294 g/mol. The van der Waals surface area contributed by atoms with E-state index >= 15 is 0 Å². The Hall–Kier alpha value is -1.82. The van der Waals surface area contributed by atoms with Crippen molar-refractivity contribution in [2.24, 2.45) is 0 Å². The van der Waals surface area contributed by atoms with Gasteiger partial charge in [-0.1, -0.05) is 6.07 Å². The molecule has 2 aliphatic heterocycles. The van der Waals surface area contributed by atoms with Crippen molar-refractivity contribution >= 4 is 11.9 Å². The second kappa shape index (κ2) is 5.67. The molecule has 1 unspecified atom stereocenters. The van der Waals surface area contributed by atoms with E-state index < -0.39 is 5.60 Å². The Morgan fingerprint density at radius 1 is 1.39 bits per heavy atom. The minimum Gasteiger partial charge on any atom is -0.444 e. The Bertz CT molecular complexity index is 612. The molecule has 1 aromatic rings. The first-order valence-electron chi connectivity index (χ1n) is 8.14. The summed E-state index contributed by atoms with van der Waals surface area (Å²) in [7, 11) is 0. The third-order valence-electron chi connectivity index (χ3n) is 4.31. The molecular formula is C17H25N3O3. The second-order valence-electron chi connectivity index (χ2n) is 7.44. The van der Waals surface area contributed by atoms with Gasteiger partial charge >= 0.3 is 6.09 Å². The Morgan fingerprint density at radius 2 is 2.13 bits per heavy atom. The van der Waals surface area contributed by atoms with E-state index in [1.54, 1.807) is 4.90 Å². The predicted octanol–water partition coefficient (Wildman–Crippen LogP) is 1.94. The zero-order valence-corrected chi connectivity index (χ0v) is 14.2. The molecule has 126 valence electrons. The van der Waals surface area contributed by atoms with Crippen molar-refractivity contribution in [3.05, 3.63) is 23.4 Å². The molecule has 0 spiro atoms. The van der Waals surface area contributed by atoms with Gasteiger partial charge in [0.05, 0.1) is 18.3 Å². The predicted molar refractivity (Wildman–Crippen MR) is 87.4 cm³/mol. The molecule has 0 saturated carbocycles. The van der Waals surface area contributed by atoms with Crippen LogP contribution in [0.25, 0.3) is 0 Å². The van der Waals surface area contributed by atoms with Gasteiger partial charge in [0.1, 0.15) is 11.4 Å². The molecule has 0 bridgehead atoms. The van der Waals surface area contributed by atoms with Crippen molar-refractivity contribution in [1.82, 2.24) is 9.88 Å². The fourth-order valence-electron chi connectivity index (χ4n) is 3.45. The number of piperazine rings is 1. The largest absolute Gasteiger partial charge is 0.444 e. The molecule has 1 N–H and O–H groups in total. The van der Waals surface area contributed by atoms with Crippen molar-refractivity contribution in [2.45, 2.75) is 58.4 Å². The van der Waals surface area contributed by atoms with E-state index in [-0.39, 0.29) is 24.8 Å². The van der Waals surface area contributed by atoms with Gasteiger partial charge in [-0.15, -0.1) is 0 Å². The number of aromatic nitrogens is 1. The average Bonchev–Trinajstić information content (AvgIpc) is 2.83. The molecule has 1 amide bonds. The Morgan fingerprint density at radius 3 is 2.78 bits per heavy atom. The van der Waals surface area contributed by atoms with Gasteiger partial charge in [-0.2, -0.15) is 0 Å². The van der Waals surface area contributed by atoms with E-state index in [0.29, 0.717) is 18.8 Å². The van der Waals surface area contributed by atoms with Crippen molar-refractivity contribution in [2.75, 3.05) is 18.0 Å². The quantitative estimate of drug-likeness (QED) is 0.857. The smallest absolute Gasteiger partial charge is 0.410 e. The molecule has 2 aliphatic rings. The number of nitrogens with zero attached hydrogens (tertiary/aromatic N) is 3. The van der Waals surface area contributed by atoms with Gasteiger partial charge in [0.25, 0.3) is 0 Å². The lowest BCUT2D eigenvalue weighted by Crippen LogP contribution is -2.58. The zero-order valence-electron chi connectivity index (χ0n) is 14.2. The number of fused-ring (bicyclic) bond motifs is 3. The molecule has 1 aromatic heterocycles. The van der Waals surface area contributed by atoms with Gasteiger partial charge in [0.2, 0.25) is 0 Å². The Labute approximate surface area is 137 Å². The van der Waals surface area contributed by atoms with Crippen LogP contribution in [0.1, 0.15) is 39.0 Å². The molecule has 6 heteroatoms. The molecule has 0 radical (unpaired) electrons. The van der Waals surface area contributed by atoms with E-state index in [1.807, 2.05) is 32.9 Å². The third kappa shape index (κ3) is 3.13. The summed E-state index contributed by atoms with van der Waals surface area (Å²) in [6, 6.07) is 4.30. The standard InChI is InChI=1S/C17H25N3O3/c1-11-8-19(16(22)23-17(2,3)4)9-14-7-12-5-6-13(10-21)18-15(12)20(11)14/h5-6,11,14,21H,7-10H2,1-4H3/t11-,14?/m1/s1. The summed E-state index contributed by atoms with van der Waals surface area (Å²) in [5.41, 5.74) is 1.39. The van der Waals surface area contributed by atoms with Crippen LogP contribution in [0.15, 0.2) is 12.1 Å². The normalized spacial score (nSPS) is 23.5. The highest BCUT2D eigenvalue weighted by Crippen LogP contribution is 2.35. The molecule has 1 saturated heterocycles. The summed E-state index contributed by atoms with van der Waals surface area (Å²) in [5.74, 6) is 0.956. The maximum atomic E-state index is 12.4. The summed E-state index contributed by atoms with van der Waals surface area (Å²) < 4.78 is 5.51. The van der Waals surface area contributed by atoms with Crippen LogP contribution in [-0.4, -0.2) is 51.9 Å². The molecule has 1 fully saturated rings. The third-order valence-corrected chi connectivity index (χ3v) is 4.31. The fourth-order valence-corrected chi connectivity index (χ4v) is 3.45. The summed E-state index contributed by atoms with van der Waals surface area (Å²) >= 11 is 0. The van der Waals surface area contributed by atoms with E-state index in [0.717, 1.165) is 12.2 Å². The molecule has 3 rings (SSSR count). The fraction of sp³-hybridized carbons (Fsp3) is 0.647. The van der Waals surface area contributed by atoms with Gasteiger partial charge in [-0.3, -0.25) is 0 Å². The van der Waals surface area contributed by atoms with Crippen molar-refractivity contribution in [3.63, 3.8) is 0 Å². The average molecular weight is 319 g/mol. The number of ether oxygens (including phenoxy) is 1. The number of aliphatic hydroxyl groups excluding tert-OH is 1. The number of hydrogen-bond acceptors (Lipinski definition) is 5. The lowest BCUT2D eigenvalue weighted by molar-refractivity contribution is 0.0191. The van der Waals surface area contributed by atoms with Crippen LogP contribution in [0.2, 0.25) is 0 Å². The first kappa shape index (κ1) is 16.1. The highest BCUT2D eigenvalue weighted by molar-refractivity contribution is 5.69. The highest BCUT2D eigenvalue weighted by Gasteiger charge is 2.41. The van der Waals surface area contributed by atoms with Crippen LogP contribution in [-0.2, 0) is 17.8 Å². The lowest BCUT2D eigenvalue weighted by atomic mass is 10.1. The van der Waals surface area contributed by atoms with Crippen molar-refractivity contribution in [3.8, 4) is 0 Å². The van der Waals surface area contributed by atoms with Gasteiger partial charge in [0.15, 0.2) is 0 Å². The van der Waals surface area contributed by atoms with Crippen LogP contribution >= 0.6 is 0 Å². The molecule has 23 heavy (non-hydrogen) atoms. The molecule has 6 nitrogen and oxygen atoms in total. The van der Waals surface area contributed by atoms with E-state index in [4.69, 9.17) is 4.74 Å². The van der Waals surface area contributed by atoms with Crippen molar-refractivity contribution < 1.29 is 14.6 Å². The second-order valence-corrected chi connectivity index (χ2v) is 7.44. The van der Waals surface area contributed by atoms with Gasteiger partial charge in [-0.25, -0.2) is 9.78 Å². The number of aliphatic hydroxyl groups is 1. The molecule has 3 heterocycles. The summed E-state index contributed by atoms with van der Waals surface area (Å²) in [5, 5.41) is 9.30. The maximum Gasteiger partial charge on any atom is 0.410 e. The number of rotatable bonds is 1. The minimum atomic E-state index is -0.478. The number of anilines is 1. The lowest BCUT2D eigenvalue weighted by Gasteiger charge is -2.43. The van der Waals surface area contributed by atoms with Gasteiger partial charge < -0.3 is 19.6 Å². The first-order valence-corrected chi connectivity index (χ1v) is 8.14. The number of hydrogen-bond donors (Lipinski definition) is 1. The molecule has 0 aromatic carbocycles.